The Labute approximate surface area is 172 Å². The SMILES string of the molecule is CN(Cc1ccccc1)c1nc2nc(O[C@@H]3CO[C@H]4[C@@H]3OC[C@H]4O)[nH]c2cc1Cl. The summed E-state index contributed by atoms with van der Waals surface area (Å²) in [4.78, 5) is 14.1. The average molecular weight is 417 g/mol. The van der Waals surface area contributed by atoms with Gasteiger partial charge in [-0.3, -0.25) is 0 Å². The molecule has 2 N–H and O–H groups in total. The highest BCUT2D eigenvalue weighted by atomic mass is 35.5. The minimum atomic E-state index is -0.618. The summed E-state index contributed by atoms with van der Waals surface area (Å²) >= 11 is 6.47. The monoisotopic (exact) mass is 416 g/mol. The molecule has 9 heteroatoms. The first kappa shape index (κ1) is 18.6. The highest BCUT2D eigenvalue weighted by Gasteiger charge is 2.48. The molecule has 152 valence electrons. The Morgan fingerprint density at radius 3 is 2.83 bits per heavy atom. The third-order valence-electron chi connectivity index (χ3n) is 5.26. The number of hydrogen-bond donors (Lipinski definition) is 2. The van der Waals surface area contributed by atoms with E-state index in [-0.39, 0.29) is 24.9 Å². The van der Waals surface area contributed by atoms with Crippen LogP contribution in [0.5, 0.6) is 6.01 Å². The van der Waals surface area contributed by atoms with Gasteiger partial charge in [0.05, 0.1) is 23.8 Å². The third-order valence-corrected chi connectivity index (χ3v) is 5.53. The number of aliphatic hydroxyl groups is 1. The molecule has 29 heavy (non-hydrogen) atoms. The summed E-state index contributed by atoms with van der Waals surface area (Å²) in [5.74, 6) is 0.646. The summed E-state index contributed by atoms with van der Waals surface area (Å²) in [6.07, 6.45) is -1.61. The number of aromatic nitrogens is 3. The number of nitrogens with one attached hydrogen (secondary N) is 1. The number of fused-ring (bicyclic) bond motifs is 2. The number of hydrogen-bond acceptors (Lipinski definition) is 7. The minimum absolute atomic E-state index is 0.254. The molecule has 0 spiro atoms. The van der Waals surface area contributed by atoms with Crippen molar-refractivity contribution in [1.82, 2.24) is 15.0 Å². The number of halogens is 1. The van der Waals surface area contributed by atoms with E-state index in [0.717, 1.165) is 5.56 Å². The molecule has 0 bridgehead atoms. The molecular weight excluding hydrogens is 396 g/mol. The molecule has 0 aliphatic carbocycles. The number of ether oxygens (including phenoxy) is 3. The molecule has 0 radical (unpaired) electrons. The van der Waals surface area contributed by atoms with Crippen LogP contribution in [0.2, 0.25) is 5.02 Å². The molecule has 2 fully saturated rings. The number of H-pyrrole nitrogens is 1. The fraction of sp³-hybridized carbons (Fsp3) is 0.400. The highest BCUT2D eigenvalue weighted by Crippen LogP contribution is 2.31. The summed E-state index contributed by atoms with van der Waals surface area (Å²) in [7, 11) is 1.94. The van der Waals surface area contributed by atoms with Crippen molar-refractivity contribution in [3.63, 3.8) is 0 Å². The minimum Gasteiger partial charge on any atom is -0.456 e. The fourth-order valence-electron chi connectivity index (χ4n) is 3.83. The van der Waals surface area contributed by atoms with Gasteiger partial charge in [0.25, 0.3) is 6.01 Å². The Bertz CT molecular complexity index is 1010. The van der Waals surface area contributed by atoms with Crippen LogP contribution in [0.15, 0.2) is 36.4 Å². The maximum atomic E-state index is 9.86. The third kappa shape index (κ3) is 3.53. The van der Waals surface area contributed by atoms with Crippen molar-refractivity contribution < 1.29 is 19.3 Å². The van der Waals surface area contributed by atoms with Gasteiger partial charge in [-0.1, -0.05) is 41.9 Å². The van der Waals surface area contributed by atoms with Crippen molar-refractivity contribution in [3.8, 4) is 6.01 Å². The molecule has 2 saturated heterocycles. The van der Waals surface area contributed by atoms with E-state index in [1.54, 1.807) is 6.07 Å². The predicted octanol–water partition coefficient (Wildman–Crippen LogP) is 2.15. The first-order valence-electron chi connectivity index (χ1n) is 9.48. The van der Waals surface area contributed by atoms with Crippen LogP contribution in [-0.4, -0.2) is 64.7 Å². The molecule has 2 aromatic heterocycles. The second-order valence-corrected chi connectivity index (χ2v) is 7.78. The first-order valence-corrected chi connectivity index (χ1v) is 9.85. The van der Waals surface area contributed by atoms with Crippen LogP contribution >= 0.6 is 11.6 Å². The zero-order valence-corrected chi connectivity index (χ0v) is 16.5. The molecule has 2 aliphatic heterocycles. The van der Waals surface area contributed by atoms with Gasteiger partial charge >= 0.3 is 0 Å². The quantitative estimate of drug-likeness (QED) is 0.658. The second kappa shape index (κ2) is 7.46. The summed E-state index contributed by atoms with van der Waals surface area (Å²) in [6, 6.07) is 12.2. The number of aromatic amines is 1. The van der Waals surface area contributed by atoms with E-state index in [0.29, 0.717) is 41.2 Å². The number of benzene rings is 1. The largest absolute Gasteiger partial charge is 0.456 e. The molecule has 1 aromatic carbocycles. The van der Waals surface area contributed by atoms with Gasteiger partial charge in [-0.05, 0) is 11.6 Å². The van der Waals surface area contributed by atoms with Crippen molar-refractivity contribution in [3.05, 3.63) is 47.0 Å². The van der Waals surface area contributed by atoms with E-state index in [9.17, 15) is 5.11 Å². The topological polar surface area (TPSA) is 92.7 Å². The molecule has 4 heterocycles. The highest BCUT2D eigenvalue weighted by molar-refractivity contribution is 6.33. The molecular formula is C20H21ClN4O4. The number of rotatable bonds is 5. The molecule has 0 saturated carbocycles. The van der Waals surface area contributed by atoms with E-state index in [1.807, 2.05) is 30.1 Å². The Morgan fingerprint density at radius 2 is 2.00 bits per heavy atom. The Hall–Kier alpha value is -2.39. The Balaban J connectivity index is 1.35. The smallest absolute Gasteiger partial charge is 0.296 e. The van der Waals surface area contributed by atoms with E-state index in [4.69, 9.17) is 25.8 Å². The van der Waals surface area contributed by atoms with E-state index >= 15 is 0 Å². The summed E-state index contributed by atoms with van der Waals surface area (Å²) in [5.41, 5.74) is 2.36. The predicted molar refractivity (Wildman–Crippen MR) is 107 cm³/mol. The molecule has 0 unspecified atom stereocenters. The lowest BCUT2D eigenvalue weighted by Crippen LogP contribution is -2.34. The van der Waals surface area contributed by atoms with Gasteiger partial charge in [0.2, 0.25) is 0 Å². The maximum absolute atomic E-state index is 9.86. The van der Waals surface area contributed by atoms with Crippen LogP contribution in [0.4, 0.5) is 5.82 Å². The van der Waals surface area contributed by atoms with Gasteiger partial charge in [-0.2, -0.15) is 4.98 Å². The van der Waals surface area contributed by atoms with Crippen LogP contribution in [-0.2, 0) is 16.0 Å². The number of anilines is 1. The van der Waals surface area contributed by atoms with Gasteiger partial charge in [0.1, 0.15) is 24.1 Å². The second-order valence-electron chi connectivity index (χ2n) is 7.37. The van der Waals surface area contributed by atoms with Gasteiger partial charge < -0.3 is 29.2 Å². The van der Waals surface area contributed by atoms with Crippen molar-refractivity contribution in [2.75, 3.05) is 25.2 Å². The van der Waals surface area contributed by atoms with Crippen LogP contribution < -0.4 is 9.64 Å². The zero-order chi connectivity index (χ0) is 20.0. The van der Waals surface area contributed by atoms with E-state index in [1.165, 1.54) is 0 Å². The molecule has 4 atom stereocenters. The van der Waals surface area contributed by atoms with E-state index < -0.39 is 6.10 Å². The van der Waals surface area contributed by atoms with Crippen molar-refractivity contribution >= 4 is 28.6 Å². The zero-order valence-electron chi connectivity index (χ0n) is 15.8. The van der Waals surface area contributed by atoms with E-state index in [2.05, 4.69) is 27.1 Å². The fourth-order valence-corrected chi connectivity index (χ4v) is 4.13. The summed E-state index contributed by atoms with van der Waals surface area (Å²) in [6.45, 7) is 1.27. The van der Waals surface area contributed by atoms with Crippen LogP contribution in [0.25, 0.3) is 11.2 Å². The van der Waals surface area contributed by atoms with Crippen molar-refractivity contribution in [2.24, 2.45) is 0 Å². The Kier molecular flexibility index (Phi) is 4.79. The van der Waals surface area contributed by atoms with Gasteiger partial charge in [-0.15, -0.1) is 0 Å². The maximum Gasteiger partial charge on any atom is 0.296 e. The molecule has 3 aromatic rings. The van der Waals surface area contributed by atoms with Gasteiger partial charge in [-0.25, -0.2) is 4.98 Å². The molecule has 0 amide bonds. The number of pyridine rings is 1. The molecule has 5 rings (SSSR count). The molecule has 2 aliphatic rings. The molecule has 8 nitrogen and oxygen atoms in total. The summed E-state index contributed by atoms with van der Waals surface area (Å²) in [5, 5.41) is 10.4. The number of aliphatic hydroxyl groups excluding tert-OH is 1. The van der Waals surface area contributed by atoms with Crippen molar-refractivity contribution in [2.45, 2.75) is 31.0 Å². The lowest BCUT2D eigenvalue weighted by molar-refractivity contribution is 0.00706. The van der Waals surface area contributed by atoms with Gasteiger partial charge in [0.15, 0.2) is 11.8 Å². The number of nitrogens with zero attached hydrogens (tertiary/aromatic N) is 3. The average Bonchev–Trinajstić information content (AvgIpc) is 3.39. The first-order chi connectivity index (χ1) is 14.1. The van der Waals surface area contributed by atoms with Crippen LogP contribution in [0.1, 0.15) is 5.56 Å². The van der Waals surface area contributed by atoms with Crippen molar-refractivity contribution in [1.29, 1.82) is 0 Å². The van der Waals surface area contributed by atoms with Gasteiger partial charge in [0, 0.05) is 13.6 Å². The van der Waals surface area contributed by atoms with Crippen LogP contribution in [0.3, 0.4) is 0 Å². The number of imidazole rings is 1. The summed E-state index contributed by atoms with van der Waals surface area (Å²) < 4.78 is 17.1. The normalized spacial score (nSPS) is 26.0. The lowest BCUT2D eigenvalue weighted by atomic mass is 10.1. The Morgan fingerprint density at radius 1 is 1.21 bits per heavy atom. The lowest BCUT2D eigenvalue weighted by Gasteiger charge is -2.19. The van der Waals surface area contributed by atoms with Crippen LogP contribution in [0, 0.1) is 0 Å². The standard InChI is InChI=1S/C20H21ClN4O4/c1-25(8-11-5-3-2-4-6-11)19-12(21)7-13-18(23-19)24-20(22-13)29-15-10-28-16-14(26)9-27-17(15)16/h2-7,14-17,26H,8-10H2,1H3,(H,22,23,24)/t14-,15-,16-,17-/m1/s1.